The predicted molar refractivity (Wildman–Crippen MR) is 66.4 cm³/mol. The molecule has 2 aromatic carbocycles. The van der Waals surface area contributed by atoms with E-state index in [0.717, 1.165) is 0 Å². The van der Waals surface area contributed by atoms with Crippen molar-refractivity contribution < 1.29 is 12.6 Å². The van der Waals surface area contributed by atoms with Crippen LogP contribution in [0.15, 0.2) is 45.1 Å². The van der Waals surface area contributed by atoms with Gasteiger partial charge in [-0.15, -0.1) is 0 Å². The molecule has 3 aromatic rings. The summed E-state index contributed by atoms with van der Waals surface area (Å²) in [7, 11) is 0. The Morgan fingerprint density at radius 2 is 1.73 bits per heavy atom. The minimum absolute atomic E-state index is 0.0249. The Morgan fingerprint density at radius 1 is 1.07 bits per heavy atom. The van der Waals surface area contributed by atoms with Crippen LogP contribution in [0.3, 0.4) is 0 Å². The molecule has 0 saturated heterocycles. The molecule has 0 aliphatic heterocycles. The van der Waals surface area contributed by atoms with Gasteiger partial charge in [-0.2, -0.15) is 0 Å². The Kier molecular flexibility index (Phi) is 1.06. The van der Waals surface area contributed by atoms with Crippen molar-refractivity contribution in [3.8, 4) is 0 Å². The molecule has 0 bridgehead atoms. The molecule has 0 spiro atoms. The Morgan fingerprint density at radius 3 is 2.53 bits per heavy atom. The van der Waals surface area contributed by atoms with Gasteiger partial charge in [0.15, 0.2) is 5.58 Å². The van der Waals surface area contributed by atoms with Crippen LogP contribution in [0.25, 0.3) is 21.9 Å². The molecule has 3 heteroatoms. The molecule has 0 unspecified atom stereocenters. The zero-order valence-electron chi connectivity index (χ0n) is 13.2. The Hall–Kier alpha value is -0.990. The summed E-state index contributed by atoms with van der Waals surface area (Å²) < 4.78 is 52.7. The third-order valence-electron chi connectivity index (χ3n) is 2.03. The van der Waals surface area contributed by atoms with Crippen LogP contribution < -0.4 is 0 Å². The van der Waals surface area contributed by atoms with Crippen molar-refractivity contribution >= 4 is 49.5 Å². The molecule has 15 heavy (non-hydrogen) atoms. The fraction of sp³-hybridized carbons (Fsp3) is 0. The van der Waals surface area contributed by atoms with Gasteiger partial charge in [0.05, 0.1) is 17.7 Å². The molecule has 1 nitrogen and oxygen atoms in total. The molecule has 1 aromatic heterocycles. The monoisotopic (exact) mass is 286 g/mol. The predicted octanol–water partition coefficient (Wildman–Crippen LogP) is 5.00. The van der Waals surface area contributed by atoms with Gasteiger partial charge < -0.3 is 4.42 Å². The lowest BCUT2D eigenvalue weighted by atomic mass is 10.1. The van der Waals surface area contributed by atoms with Crippen LogP contribution in [0.5, 0.6) is 0 Å². The van der Waals surface area contributed by atoms with Crippen molar-refractivity contribution in [2.45, 2.75) is 0 Å². The fourth-order valence-corrected chi connectivity index (χ4v) is 1.95. The Bertz CT molecular complexity index is 861. The first-order valence-corrected chi connectivity index (χ1v) is 5.21. The average Bonchev–Trinajstić information content (AvgIpc) is 2.87. The number of para-hydroxylation sites is 2. The number of halogens is 2. The van der Waals surface area contributed by atoms with Crippen molar-refractivity contribution in [2.24, 2.45) is 0 Å². The molecule has 1 heterocycles. The van der Waals surface area contributed by atoms with Crippen LogP contribution in [-0.4, -0.2) is 0 Å². The summed E-state index contributed by atoms with van der Waals surface area (Å²) in [5.74, 6) is 0. The number of rotatable bonds is 0. The zero-order valence-corrected chi connectivity index (χ0v) is 9.51. The third kappa shape index (κ3) is 1.29. The molecule has 0 aliphatic carbocycles. The minimum atomic E-state index is -0.368. The molecule has 74 valence electrons. The number of fused-ring (bicyclic) bond motifs is 3. The van der Waals surface area contributed by atoms with Crippen molar-refractivity contribution in [2.75, 3.05) is 0 Å². The second-order valence-corrected chi connectivity index (χ2v) is 4.06. The summed E-state index contributed by atoms with van der Waals surface area (Å²) in [5.41, 5.74) is 0.147. The van der Waals surface area contributed by atoms with E-state index in [0.29, 0.717) is 0 Å². The van der Waals surface area contributed by atoms with E-state index in [2.05, 4.69) is 15.9 Å². The highest BCUT2D eigenvalue weighted by Crippen LogP contribution is 2.36. The first-order chi connectivity index (χ1) is 9.77. The molecule has 0 N–H and O–H groups in total. The highest BCUT2D eigenvalue weighted by atomic mass is 79.9. The summed E-state index contributed by atoms with van der Waals surface area (Å²) in [5, 5.41) is 0.153. The number of furan rings is 1. The summed E-state index contributed by atoms with van der Waals surface area (Å²) in [6.07, 6.45) is 0. The zero-order chi connectivity index (χ0) is 15.6. The van der Waals surface area contributed by atoms with Gasteiger partial charge in [0.25, 0.3) is 0 Å². The van der Waals surface area contributed by atoms with Crippen molar-refractivity contribution in [3.63, 3.8) is 0 Å². The Balaban J connectivity index is 2.73. The summed E-state index contributed by atoms with van der Waals surface area (Å²) in [4.78, 5) is 0. The van der Waals surface area contributed by atoms with E-state index in [1.54, 1.807) is 0 Å². The van der Waals surface area contributed by atoms with Gasteiger partial charge >= 0.3 is 0 Å². The lowest BCUT2D eigenvalue weighted by molar-refractivity contribution is 0.667. The summed E-state index contributed by atoms with van der Waals surface area (Å²) in [6, 6.07) is -1.75. The molecular weight excluding hydrogens is 275 g/mol. The van der Waals surface area contributed by atoms with Crippen molar-refractivity contribution in [3.05, 3.63) is 45.7 Å². The van der Waals surface area contributed by atoms with Crippen LogP contribution in [0.2, 0.25) is 5.02 Å². The Labute approximate surface area is 108 Å². The molecule has 0 amide bonds. The van der Waals surface area contributed by atoms with Gasteiger partial charge in [-0.1, -0.05) is 35.8 Å². The number of benzene rings is 2. The van der Waals surface area contributed by atoms with Gasteiger partial charge in [-0.25, -0.2) is 0 Å². The van der Waals surface area contributed by atoms with Gasteiger partial charge in [-0.3, -0.25) is 0 Å². The van der Waals surface area contributed by atoms with E-state index in [1.165, 1.54) is 0 Å². The fourth-order valence-electron chi connectivity index (χ4n) is 1.39. The average molecular weight is 288 g/mol. The molecule has 0 atom stereocenters. The van der Waals surface area contributed by atoms with Crippen LogP contribution in [0.1, 0.15) is 8.22 Å². The molecule has 0 fully saturated rings. The smallest absolute Gasteiger partial charge is 0.154 e. The van der Waals surface area contributed by atoms with Crippen molar-refractivity contribution in [1.82, 2.24) is 0 Å². The van der Waals surface area contributed by atoms with E-state index < -0.39 is 0 Å². The topological polar surface area (TPSA) is 13.1 Å². The van der Waals surface area contributed by atoms with Gasteiger partial charge in [0, 0.05) is 10.8 Å². The van der Waals surface area contributed by atoms with Crippen LogP contribution in [0, 0.1) is 0 Å². The maximum atomic E-state index is 7.99. The largest absolute Gasteiger partial charge is 0.453 e. The van der Waals surface area contributed by atoms with Gasteiger partial charge in [-0.05, 0) is 28.0 Å². The maximum absolute atomic E-state index is 7.99. The number of hydrogen-bond donors (Lipinski definition) is 0. The summed E-state index contributed by atoms with van der Waals surface area (Å²) >= 11 is 9.15. The van der Waals surface area contributed by atoms with E-state index >= 15 is 0 Å². The lowest BCUT2D eigenvalue weighted by Gasteiger charge is -1.90. The molecule has 0 radical (unpaired) electrons. The van der Waals surface area contributed by atoms with E-state index in [4.69, 9.17) is 24.2 Å². The van der Waals surface area contributed by atoms with Gasteiger partial charge in [0.1, 0.15) is 5.58 Å². The van der Waals surface area contributed by atoms with Crippen molar-refractivity contribution in [1.29, 1.82) is 0 Å². The van der Waals surface area contributed by atoms with Crippen LogP contribution in [-0.2, 0) is 0 Å². The third-order valence-corrected chi connectivity index (χ3v) is 2.85. The van der Waals surface area contributed by atoms with E-state index in [1.807, 2.05) is 0 Å². The first-order valence-electron chi connectivity index (χ1n) is 7.04. The molecule has 0 aliphatic rings. The summed E-state index contributed by atoms with van der Waals surface area (Å²) in [6.45, 7) is 0. The lowest BCUT2D eigenvalue weighted by Crippen LogP contribution is -1.67. The van der Waals surface area contributed by atoms with Crippen LogP contribution >= 0.6 is 27.5 Å². The first kappa shape index (κ1) is 4.89. The second-order valence-electron chi connectivity index (χ2n) is 2.89. The molecule has 0 saturated carbocycles. The van der Waals surface area contributed by atoms with Crippen LogP contribution in [0.4, 0.5) is 0 Å². The second kappa shape index (κ2) is 3.26. The highest BCUT2D eigenvalue weighted by Gasteiger charge is 2.10. The normalized spacial score (nSPS) is 16.9. The molecule has 3 rings (SSSR count). The molecular formula is C12H6BrClO. The minimum Gasteiger partial charge on any atom is -0.453 e. The van der Waals surface area contributed by atoms with Gasteiger partial charge in [0.2, 0.25) is 0 Å². The van der Waals surface area contributed by atoms with E-state index in [9.17, 15) is 0 Å². The SMILES string of the molecule is [2H]c1c([2H])c([2H])c2c(oc3c(Br)c([2H])c([2H])c([2H])c32)c1Cl. The maximum Gasteiger partial charge on any atom is 0.154 e. The highest BCUT2D eigenvalue weighted by molar-refractivity contribution is 9.10. The standard InChI is InChI=1S/C12H6BrClO/c13-9-5-1-3-7-8-4-2-6-10(14)12(8)15-11(7)9/h1-6H/i1D,2D,3D,4D,5D,6D. The van der Waals surface area contributed by atoms with E-state index in [-0.39, 0.29) is 67.7 Å². The number of hydrogen-bond acceptors (Lipinski definition) is 1. The quantitative estimate of drug-likeness (QED) is 0.567.